The van der Waals surface area contributed by atoms with Gasteiger partial charge in [-0.2, -0.15) is 0 Å². The van der Waals surface area contributed by atoms with Crippen molar-refractivity contribution in [2.24, 2.45) is 0 Å². The zero-order valence-corrected chi connectivity index (χ0v) is 16.3. The predicted molar refractivity (Wildman–Crippen MR) is 106 cm³/mol. The molecule has 0 saturated carbocycles. The van der Waals surface area contributed by atoms with Gasteiger partial charge in [0, 0.05) is 17.8 Å². The molecule has 0 saturated heterocycles. The van der Waals surface area contributed by atoms with Crippen LogP contribution in [0.2, 0.25) is 0 Å². The van der Waals surface area contributed by atoms with Crippen LogP contribution >= 0.6 is 0 Å². The second kappa shape index (κ2) is 8.06. The fraction of sp³-hybridized carbons (Fsp3) is 0.333. The third-order valence-electron chi connectivity index (χ3n) is 4.61. The summed E-state index contributed by atoms with van der Waals surface area (Å²) in [5.74, 6) is -1.46. The van der Waals surface area contributed by atoms with Gasteiger partial charge in [-0.05, 0) is 52.0 Å². The number of aromatic nitrogens is 2. The zero-order valence-electron chi connectivity index (χ0n) is 16.3. The highest BCUT2D eigenvalue weighted by Gasteiger charge is 2.22. The Morgan fingerprint density at radius 3 is 2.43 bits per heavy atom. The molecule has 0 spiro atoms. The van der Waals surface area contributed by atoms with Gasteiger partial charge in [0.1, 0.15) is 5.82 Å². The molecule has 1 amide bonds. The zero-order chi connectivity index (χ0) is 20.4. The molecule has 2 atom stereocenters. The van der Waals surface area contributed by atoms with Gasteiger partial charge in [0.05, 0.1) is 23.1 Å². The van der Waals surface area contributed by atoms with Gasteiger partial charge in [0.2, 0.25) is 5.91 Å². The second-order valence-electron chi connectivity index (χ2n) is 7.15. The van der Waals surface area contributed by atoms with Crippen molar-refractivity contribution in [2.45, 2.75) is 45.8 Å². The number of fused-ring (bicyclic) bond motifs is 1. The van der Waals surface area contributed by atoms with Gasteiger partial charge in [-0.15, -0.1) is 0 Å². The van der Waals surface area contributed by atoms with Crippen molar-refractivity contribution >= 4 is 22.6 Å². The Bertz CT molecular complexity index is 999. The van der Waals surface area contributed by atoms with Crippen LogP contribution in [0.3, 0.4) is 0 Å². The number of anilines is 1. The van der Waals surface area contributed by atoms with Crippen LogP contribution in [0, 0.1) is 11.6 Å². The lowest BCUT2D eigenvalue weighted by molar-refractivity contribution is -0.118. The van der Waals surface area contributed by atoms with Crippen LogP contribution in [0.25, 0.3) is 11.0 Å². The van der Waals surface area contributed by atoms with Gasteiger partial charge in [0.25, 0.3) is 0 Å². The Morgan fingerprint density at radius 1 is 1.04 bits per heavy atom. The fourth-order valence-electron chi connectivity index (χ4n) is 3.26. The number of carbonyl (C=O) groups excluding carboxylic acids is 1. The molecule has 0 aliphatic heterocycles. The maximum absolute atomic E-state index is 13.3. The maximum Gasteiger partial charge on any atom is 0.241 e. The minimum atomic E-state index is -1.00. The molecule has 0 aliphatic carbocycles. The number of nitrogens with one attached hydrogen (secondary N) is 2. The first kappa shape index (κ1) is 19.9. The maximum atomic E-state index is 13.3. The molecular weight excluding hydrogens is 362 g/mol. The number of benzene rings is 2. The van der Waals surface area contributed by atoms with E-state index in [2.05, 4.69) is 29.0 Å². The number of amides is 1. The lowest BCUT2D eigenvalue weighted by Crippen LogP contribution is -2.40. The topological polar surface area (TPSA) is 59.0 Å². The molecule has 3 rings (SSSR count). The van der Waals surface area contributed by atoms with Crippen molar-refractivity contribution in [2.75, 3.05) is 5.32 Å². The number of para-hydroxylation sites is 2. The number of carbonyl (C=O) groups is 1. The highest BCUT2D eigenvalue weighted by Crippen LogP contribution is 2.25. The van der Waals surface area contributed by atoms with Crippen molar-refractivity contribution in [1.29, 1.82) is 0 Å². The van der Waals surface area contributed by atoms with Gasteiger partial charge in [-0.1, -0.05) is 12.1 Å². The third-order valence-corrected chi connectivity index (χ3v) is 4.61. The average molecular weight is 386 g/mol. The van der Waals surface area contributed by atoms with Crippen LogP contribution < -0.4 is 10.6 Å². The minimum absolute atomic E-state index is 0.194. The molecule has 1 heterocycles. The van der Waals surface area contributed by atoms with E-state index in [0.29, 0.717) is 0 Å². The first-order valence-electron chi connectivity index (χ1n) is 9.26. The van der Waals surface area contributed by atoms with Crippen LogP contribution in [0.4, 0.5) is 14.5 Å². The highest BCUT2D eigenvalue weighted by atomic mass is 19.2. The molecular formula is C21H24F2N4O. The monoisotopic (exact) mass is 386 g/mol. The standard InChI is InChI=1S/C21H24F2N4O/c1-12(2)27-19-8-6-5-7-18(19)26-20(27)13(3)24-14(4)21(28)25-15-9-10-16(22)17(23)11-15/h5-14,24H,1-4H3,(H,25,28). The predicted octanol–water partition coefficient (Wildman–Crippen LogP) is 4.57. The number of hydrogen-bond acceptors (Lipinski definition) is 3. The lowest BCUT2D eigenvalue weighted by atomic mass is 10.2. The Morgan fingerprint density at radius 2 is 1.75 bits per heavy atom. The summed E-state index contributed by atoms with van der Waals surface area (Å²) in [5.41, 5.74) is 2.15. The second-order valence-corrected chi connectivity index (χ2v) is 7.15. The molecule has 2 N–H and O–H groups in total. The fourth-order valence-corrected chi connectivity index (χ4v) is 3.26. The Labute approximate surface area is 162 Å². The Hall–Kier alpha value is -2.80. The van der Waals surface area contributed by atoms with E-state index in [1.165, 1.54) is 6.07 Å². The first-order chi connectivity index (χ1) is 13.3. The number of halogens is 2. The van der Waals surface area contributed by atoms with Crippen LogP contribution in [0.15, 0.2) is 42.5 Å². The Kier molecular flexibility index (Phi) is 5.74. The summed E-state index contributed by atoms with van der Waals surface area (Å²) in [6, 6.07) is 10.6. The SMILES string of the molecule is CC(NC(C)c1nc2ccccc2n1C(C)C)C(=O)Nc1ccc(F)c(F)c1. The van der Waals surface area contributed by atoms with Crippen LogP contribution in [0.1, 0.15) is 45.6 Å². The molecule has 3 aromatic rings. The molecule has 5 nitrogen and oxygen atoms in total. The molecule has 0 radical (unpaired) electrons. The van der Waals surface area contributed by atoms with Crippen molar-refractivity contribution in [3.05, 3.63) is 59.9 Å². The number of rotatable bonds is 6. The van der Waals surface area contributed by atoms with Crippen LogP contribution in [-0.2, 0) is 4.79 Å². The van der Waals surface area contributed by atoms with E-state index in [-0.39, 0.29) is 23.7 Å². The van der Waals surface area contributed by atoms with Gasteiger partial charge < -0.3 is 9.88 Å². The van der Waals surface area contributed by atoms with Crippen LogP contribution in [-0.4, -0.2) is 21.5 Å². The summed E-state index contributed by atoms with van der Waals surface area (Å²) < 4.78 is 28.5. The largest absolute Gasteiger partial charge is 0.325 e. The van der Waals surface area contributed by atoms with Crippen molar-refractivity contribution in [3.63, 3.8) is 0 Å². The van der Waals surface area contributed by atoms with Gasteiger partial charge in [-0.25, -0.2) is 13.8 Å². The summed E-state index contributed by atoms with van der Waals surface area (Å²) in [7, 11) is 0. The lowest BCUT2D eigenvalue weighted by Gasteiger charge is -2.22. The summed E-state index contributed by atoms with van der Waals surface area (Å²) >= 11 is 0. The molecule has 2 unspecified atom stereocenters. The molecule has 2 aromatic carbocycles. The molecule has 0 aliphatic rings. The summed E-state index contributed by atoms with van der Waals surface area (Å²) in [4.78, 5) is 17.2. The molecule has 0 fully saturated rings. The minimum Gasteiger partial charge on any atom is -0.325 e. The molecule has 1 aromatic heterocycles. The summed E-state index contributed by atoms with van der Waals surface area (Å²) in [6.07, 6.45) is 0. The smallest absolute Gasteiger partial charge is 0.241 e. The Balaban J connectivity index is 1.75. The van der Waals surface area contributed by atoms with Crippen LogP contribution in [0.5, 0.6) is 0 Å². The normalized spacial score (nSPS) is 13.7. The van der Waals surface area contributed by atoms with E-state index < -0.39 is 17.7 Å². The molecule has 28 heavy (non-hydrogen) atoms. The number of nitrogens with zero attached hydrogens (tertiary/aromatic N) is 2. The molecule has 148 valence electrons. The van der Waals surface area contributed by atoms with Crippen molar-refractivity contribution in [3.8, 4) is 0 Å². The summed E-state index contributed by atoms with van der Waals surface area (Å²) in [6.45, 7) is 7.84. The number of hydrogen-bond donors (Lipinski definition) is 2. The van der Waals surface area contributed by atoms with Gasteiger partial charge >= 0.3 is 0 Å². The van der Waals surface area contributed by atoms with Crippen molar-refractivity contribution < 1.29 is 13.6 Å². The molecule has 7 heteroatoms. The third kappa shape index (κ3) is 4.04. The molecule has 0 bridgehead atoms. The van der Waals surface area contributed by atoms with E-state index in [4.69, 9.17) is 4.98 Å². The number of imidazole rings is 1. The quantitative estimate of drug-likeness (QED) is 0.652. The van der Waals surface area contributed by atoms with E-state index in [1.54, 1.807) is 6.92 Å². The van der Waals surface area contributed by atoms with E-state index >= 15 is 0 Å². The summed E-state index contributed by atoms with van der Waals surface area (Å²) in [5, 5.41) is 5.83. The first-order valence-corrected chi connectivity index (χ1v) is 9.26. The van der Waals surface area contributed by atoms with Gasteiger partial charge in [-0.3, -0.25) is 10.1 Å². The van der Waals surface area contributed by atoms with E-state index in [1.807, 2.05) is 31.2 Å². The highest BCUT2D eigenvalue weighted by molar-refractivity contribution is 5.94. The van der Waals surface area contributed by atoms with Gasteiger partial charge in [0.15, 0.2) is 11.6 Å². The average Bonchev–Trinajstić information content (AvgIpc) is 3.04. The van der Waals surface area contributed by atoms with Crippen molar-refractivity contribution in [1.82, 2.24) is 14.9 Å². The van der Waals surface area contributed by atoms with E-state index in [0.717, 1.165) is 29.0 Å². The van der Waals surface area contributed by atoms with E-state index in [9.17, 15) is 13.6 Å².